The molecule has 2 aromatic rings. The molecular weight excluding hydrogens is 256 g/mol. The van der Waals surface area contributed by atoms with E-state index in [2.05, 4.69) is 25.1 Å². The fourth-order valence-electron chi connectivity index (χ4n) is 1.41. The quantitative estimate of drug-likeness (QED) is 0.766. The SMILES string of the molecule is Cn1cc[n+](C)c1/C=C/c1ccc(Br)o1. The summed E-state index contributed by atoms with van der Waals surface area (Å²) in [6.45, 7) is 0. The standard InChI is InChI=1S/C11H12BrN2O/c1-13-7-8-14(2)11(13)6-4-9-3-5-10(12)15-9/h3-8H,1-2H3/q+1/b6-4+. The van der Waals surface area contributed by atoms with E-state index in [0.717, 1.165) is 16.3 Å². The molecule has 0 saturated heterocycles. The summed E-state index contributed by atoms with van der Waals surface area (Å²) in [5.41, 5.74) is 0. The van der Waals surface area contributed by atoms with Gasteiger partial charge in [0.2, 0.25) is 0 Å². The number of hydrogen-bond donors (Lipinski definition) is 0. The van der Waals surface area contributed by atoms with Crippen molar-refractivity contribution in [3.63, 3.8) is 0 Å². The second-order valence-electron chi connectivity index (χ2n) is 3.35. The van der Waals surface area contributed by atoms with E-state index in [-0.39, 0.29) is 0 Å². The van der Waals surface area contributed by atoms with Crippen LogP contribution in [-0.2, 0) is 14.1 Å². The Labute approximate surface area is 96.8 Å². The third kappa shape index (κ3) is 2.21. The van der Waals surface area contributed by atoms with Gasteiger partial charge in [-0.2, -0.15) is 0 Å². The van der Waals surface area contributed by atoms with Gasteiger partial charge in [-0.15, -0.1) is 0 Å². The van der Waals surface area contributed by atoms with Crippen LogP contribution in [0, 0.1) is 0 Å². The van der Waals surface area contributed by atoms with E-state index in [1.54, 1.807) is 0 Å². The fraction of sp³-hybridized carbons (Fsp3) is 0.182. The maximum Gasteiger partial charge on any atom is 0.281 e. The van der Waals surface area contributed by atoms with Crippen LogP contribution < -0.4 is 4.57 Å². The molecule has 0 unspecified atom stereocenters. The van der Waals surface area contributed by atoms with Gasteiger partial charge in [-0.05, 0) is 34.1 Å². The van der Waals surface area contributed by atoms with E-state index >= 15 is 0 Å². The maximum atomic E-state index is 5.37. The summed E-state index contributed by atoms with van der Waals surface area (Å²) >= 11 is 3.27. The highest BCUT2D eigenvalue weighted by Gasteiger charge is 2.06. The van der Waals surface area contributed by atoms with Crippen LogP contribution in [-0.4, -0.2) is 4.57 Å². The topological polar surface area (TPSA) is 21.9 Å². The Kier molecular flexibility index (Phi) is 2.77. The zero-order valence-electron chi connectivity index (χ0n) is 8.64. The highest BCUT2D eigenvalue weighted by Crippen LogP contribution is 2.15. The van der Waals surface area contributed by atoms with E-state index in [1.165, 1.54) is 0 Å². The van der Waals surface area contributed by atoms with E-state index < -0.39 is 0 Å². The highest BCUT2D eigenvalue weighted by atomic mass is 79.9. The van der Waals surface area contributed by atoms with Crippen molar-refractivity contribution in [1.29, 1.82) is 0 Å². The van der Waals surface area contributed by atoms with Crippen molar-refractivity contribution in [3.05, 3.63) is 40.8 Å². The van der Waals surface area contributed by atoms with Crippen molar-refractivity contribution in [2.45, 2.75) is 0 Å². The number of imidazole rings is 1. The zero-order valence-corrected chi connectivity index (χ0v) is 10.2. The van der Waals surface area contributed by atoms with Crippen molar-refractivity contribution in [2.24, 2.45) is 14.1 Å². The lowest BCUT2D eigenvalue weighted by molar-refractivity contribution is -0.672. The molecule has 0 amide bonds. The smallest absolute Gasteiger partial charge is 0.281 e. The normalized spacial score (nSPS) is 11.4. The summed E-state index contributed by atoms with van der Waals surface area (Å²) in [5.74, 6) is 1.95. The van der Waals surface area contributed by atoms with Crippen LogP contribution in [0.25, 0.3) is 12.2 Å². The minimum absolute atomic E-state index is 0.749. The van der Waals surface area contributed by atoms with Crippen LogP contribution in [0.5, 0.6) is 0 Å². The van der Waals surface area contributed by atoms with E-state index in [9.17, 15) is 0 Å². The molecule has 0 aliphatic carbocycles. The Morgan fingerprint density at radius 2 is 2.20 bits per heavy atom. The number of aryl methyl sites for hydroxylation is 2. The highest BCUT2D eigenvalue weighted by molar-refractivity contribution is 9.10. The van der Waals surface area contributed by atoms with Gasteiger partial charge in [0.15, 0.2) is 4.67 Å². The Bertz CT molecular complexity index is 477. The molecule has 4 heteroatoms. The second kappa shape index (κ2) is 4.06. The van der Waals surface area contributed by atoms with E-state index in [1.807, 2.05) is 50.8 Å². The van der Waals surface area contributed by atoms with Gasteiger partial charge >= 0.3 is 0 Å². The van der Waals surface area contributed by atoms with Crippen LogP contribution in [0.1, 0.15) is 11.6 Å². The molecule has 78 valence electrons. The molecule has 0 aromatic carbocycles. The van der Waals surface area contributed by atoms with Crippen molar-refractivity contribution >= 4 is 28.1 Å². The number of rotatable bonds is 2. The minimum Gasteiger partial charge on any atom is -0.450 e. The van der Waals surface area contributed by atoms with Gasteiger partial charge in [0.1, 0.15) is 18.2 Å². The Morgan fingerprint density at radius 1 is 1.40 bits per heavy atom. The fourth-order valence-corrected chi connectivity index (χ4v) is 1.73. The number of aromatic nitrogens is 2. The molecule has 2 aromatic heterocycles. The van der Waals surface area contributed by atoms with Gasteiger partial charge < -0.3 is 4.42 Å². The van der Waals surface area contributed by atoms with Gasteiger partial charge in [-0.1, -0.05) is 0 Å². The van der Waals surface area contributed by atoms with Crippen molar-refractivity contribution in [2.75, 3.05) is 0 Å². The molecule has 2 rings (SSSR count). The molecule has 0 aliphatic heterocycles. The first-order valence-corrected chi connectivity index (χ1v) is 5.40. The molecule has 0 atom stereocenters. The molecule has 0 N–H and O–H groups in total. The van der Waals surface area contributed by atoms with Crippen LogP contribution in [0.3, 0.4) is 0 Å². The van der Waals surface area contributed by atoms with Crippen LogP contribution in [0.4, 0.5) is 0 Å². The maximum absolute atomic E-state index is 5.37. The summed E-state index contributed by atoms with van der Waals surface area (Å²) in [6, 6.07) is 3.80. The molecule has 2 heterocycles. The summed E-state index contributed by atoms with van der Waals surface area (Å²) in [4.78, 5) is 0. The number of hydrogen-bond acceptors (Lipinski definition) is 1. The molecule has 15 heavy (non-hydrogen) atoms. The van der Waals surface area contributed by atoms with Gasteiger partial charge in [-0.3, -0.25) is 0 Å². The first-order chi connectivity index (χ1) is 7.16. The van der Waals surface area contributed by atoms with Gasteiger partial charge in [0.25, 0.3) is 5.82 Å². The van der Waals surface area contributed by atoms with Crippen molar-refractivity contribution in [1.82, 2.24) is 4.57 Å². The summed E-state index contributed by atoms with van der Waals surface area (Å²) in [6.07, 6.45) is 7.99. The number of nitrogens with zero attached hydrogens (tertiary/aromatic N) is 2. The number of halogens is 1. The second-order valence-corrected chi connectivity index (χ2v) is 4.13. The molecule has 0 fully saturated rings. The van der Waals surface area contributed by atoms with Gasteiger partial charge in [0.05, 0.1) is 14.1 Å². The van der Waals surface area contributed by atoms with Crippen molar-refractivity contribution < 1.29 is 8.98 Å². The minimum atomic E-state index is 0.749. The Morgan fingerprint density at radius 3 is 2.73 bits per heavy atom. The summed E-state index contributed by atoms with van der Waals surface area (Å²) in [5, 5.41) is 0. The van der Waals surface area contributed by atoms with Crippen LogP contribution in [0.2, 0.25) is 0 Å². The van der Waals surface area contributed by atoms with E-state index in [0.29, 0.717) is 0 Å². The lowest BCUT2D eigenvalue weighted by Crippen LogP contribution is -2.29. The summed E-state index contributed by atoms with van der Waals surface area (Å²) in [7, 11) is 4.02. The predicted molar refractivity (Wildman–Crippen MR) is 61.9 cm³/mol. The van der Waals surface area contributed by atoms with Crippen molar-refractivity contribution in [3.8, 4) is 0 Å². The average Bonchev–Trinajstić information content (AvgIpc) is 2.73. The summed E-state index contributed by atoms with van der Waals surface area (Å²) < 4.78 is 10.2. The molecule has 0 saturated carbocycles. The lowest BCUT2D eigenvalue weighted by atomic mass is 10.4. The third-order valence-electron chi connectivity index (χ3n) is 2.23. The predicted octanol–water partition coefficient (Wildman–Crippen LogP) is 2.38. The number of furan rings is 1. The molecule has 0 aliphatic rings. The Balaban J connectivity index is 2.25. The van der Waals surface area contributed by atoms with Crippen LogP contribution in [0.15, 0.2) is 33.6 Å². The molecule has 3 nitrogen and oxygen atoms in total. The molecule has 0 bridgehead atoms. The van der Waals surface area contributed by atoms with E-state index in [4.69, 9.17) is 4.42 Å². The zero-order chi connectivity index (χ0) is 10.8. The van der Waals surface area contributed by atoms with Gasteiger partial charge in [-0.25, -0.2) is 9.13 Å². The first-order valence-electron chi connectivity index (χ1n) is 4.61. The first kappa shape index (κ1) is 10.2. The third-order valence-corrected chi connectivity index (χ3v) is 2.65. The van der Waals surface area contributed by atoms with Gasteiger partial charge in [0, 0.05) is 6.08 Å². The molecule has 0 radical (unpaired) electrons. The monoisotopic (exact) mass is 267 g/mol. The lowest BCUT2D eigenvalue weighted by Gasteiger charge is -1.89. The Hall–Kier alpha value is -1.29. The largest absolute Gasteiger partial charge is 0.450 e. The molecule has 0 spiro atoms. The van der Waals surface area contributed by atoms with Crippen LogP contribution >= 0.6 is 15.9 Å². The molecular formula is C11H12BrN2O+. The average molecular weight is 268 g/mol.